The van der Waals surface area contributed by atoms with E-state index in [2.05, 4.69) is 9.47 Å². The number of ether oxygens (including phenoxy) is 3. The van der Waals surface area contributed by atoms with Crippen molar-refractivity contribution in [3.63, 3.8) is 0 Å². The van der Waals surface area contributed by atoms with E-state index in [0.29, 0.717) is 19.4 Å². The van der Waals surface area contributed by atoms with Crippen LogP contribution in [0.5, 0.6) is 0 Å². The Morgan fingerprint density at radius 2 is 1.91 bits per heavy atom. The molecule has 0 spiro atoms. The van der Waals surface area contributed by atoms with Crippen molar-refractivity contribution in [1.82, 2.24) is 4.90 Å². The summed E-state index contributed by atoms with van der Waals surface area (Å²) in [5.74, 6) is -0.794. The fourth-order valence-corrected chi connectivity index (χ4v) is 2.33. The van der Waals surface area contributed by atoms with E-state index >= 15 is 0 Å². The largest absolute Gasteiger partial charge is 0.516 e. The molecule has 124 valence electrons. The molecular formula is C16H19NO6. The van der Waals surface area contributed by atoms with Crippen LogP contribution in [0.15, 0.2) is 30.3 Å². The maximum absolute atomic E-state index is 12.1. The third kappa shape index (κ3) is 4.70. The Kier molecular flexibility index (Phi) is 5.96. The highest BCUT2D eigenvalue weighted by atomic mass is 16.7. The van der Waals surface area contributed by atoms with E-state index in [0.717, 1.165) is 5.56 Å². The molecule has 0 bridgehead atoms. The molecule has 1 aliphatic rings. The molecular weight excluding hydrogens is 302 g/mol. The maximum Gasteiger partial charge on any atom is 0.516 e. The van der Waals surface area contributed by atoms with E-state index in [1.807, 2.05) is 30.3 Å². The Labute approximate surface area is 134 Å². The van der Waals surface area contributed by atoms with E-state index in [-0.39, 0.29) is 13.2 Å². The highest BCUT2D eigenvalue weighted by Gasteiger charge is 2.37. The summed E-state index contributed by atoms with van der Waals surface area (Å²) in [5, 5.41) is 0. The number of esters is 1. The van der Waals surface area contributed by atoms with Crippen LogP contribution in [0.1, 0.15) is 25.3 Å². The number of nitrogens with zero attached hydrogens (tertiary/aromatic N) is 1. The number of carbonyl (C=O) groups is 3. The Balaban J connectivity index is 1.88. The first-order chi connectivity index (χ1) is 11.1. The first-order valence-electron chi connectivity index (χ1n) is 7.47. The predicted octanol–water partition coefficient (Wildman–Crippen LogP) is 2.49. The van der Waals surface area contributed by atoms with Crippen LogP contribution in [0.2, 0.25) is 0 Å². The second-order valence-electron chi connectivity index (χ2n) is 5.00. The first-order valence-corrected chi connectivity index (χ1v) is 7.47. The molecule has 0 saturated carbocycles. The van der Waals surface area contributed by atoms with Gasteiger partial charge in [-0.15, -0.1) is 0 Å². The lowest BCUT2D eigenvalue weighted by atomic mass is 10.2. The van der Waals surface area contributed by atoms with Crippen molar-refractivity contribution in [3.8, 4) is 0 Å². The van der Waals surface area contributed by atoms with Gasteiger partial charge >= 0.3 is 18.2 Å². The number of carbonyl (C=O) groups excluding carboxylic acids is 3. The number of hydrogen-bond donors (Lipinski definition) is 0. The molecule has 1 amide bonds. The lowest BCUT2D eigenvalue weighted by molar-refractivity contribution is -0.144. The average Bonchev–Trinajstić information content (AvgIpc) is 3.03. The van der Waals surface area contributed by atoms with Gasteiger partial charge in [0, 0.05) is 6.54 Å². The molecule has 1 aliphatic heterocycles. The molecule has 1 fully saturated rings. The van der Waals surface area contributed by atoms with Gasteiger partial charge in [0.2, 0.25) is 0 Å². The van der Waals surface area contributed by atoms with Crippen LogP contribution < -0.4 is 0 Å². The summed E-state index contributed by atoms with van der Waals surface area (Å²) in [6.45, 7) is 2.22. The molecule has 1 heterocycles. The van der Waals surface area contributed by atoms with E-state index in [1.54, 1.807) is 6.92 Å². The summed E-state index contributed by atoms with van der Waals surface area (Å²) in [6.07, 6.45) is -0.582. The average molecular weight is 321 g/mol. The van der Waals surface area contributed by atoms with Gasteiger partial charge in [-0.05, 0) is 25.3 Å². The molecule has 2 rings (SSSR count). The van der Waals surface area contributed by atoms with Crippen molar-refractivity contribution in [1.29, 1.82) is 0 Å². The van der Waals surface area contributed by atoms with Crippen molar-refractivity contribution in [3.05, 3.63) is 35.9 Å². The topological polar surface area (TPSA) is 82.1 Å². The Hall–Kier alpha value is -2.57. The molecule has 1 aromatic carbocycles. The van der Waals surface area contributed by atoms with Crippen LogP contribution in [-0.2, 0) is 25.6 Å². The second kappa shape index (κ2) is 8.17. The Morgan fingerprint density at radius 3 is 2.61 bits per heavy atom. The van der Waals surface area contributed by atoms with Crippen LogP contribution in [0.3, 0.4) is 0 Å². The number of rotatable bonds is 4. The third-order valence-corrected chi connectivity index (χ3v) is 3.41. The monoisotopic (exact) mass is 321 g/mol. The summed E-state index contributed by atoms with van der Waals surface area (Å²) in [4.78, 5) is 36.6. The quantitative estimate of drug-likeness (QED) is 0.626. The van der Waals surface area contributed by atoms with Gasteiger partial charge in [-0.1, -0.05) is 30.3 Å². The van der Waals surface area contributed by atoms with Crippen LogP contribution >= 0.6 is 0 Å². The molecule has 0 unspecified atom stereocenters. The number of hydrogen-bond acceptors (Lipinski definition) is 6. The van der Waals surface area contributed by atoms with Crippen LogP contribution in [-0.4, -0.2) is 42.3 Å². The molecule has 0 N–H and O–H groups in total. The maximum atomic E-state index is 12.1. The molecule has 0 radical (unpaired) electrons. The SMILES string of the molecule is CCOC(=O)OC(=O)[C@@H]1CCCN1C(=O)OCc1ccccc1. The van der Waals surface area contributed by atoms with E-state index in [1.165, 1.54) is 4.90 Å². The number of amides is 1. The minimum atomic E-state index is -1.05. The minimum absolute atomic E-state index is 0.111. The van der Waals surface area contributed by atoms with Crippen molar-refractivity contribution in [2.24, 2.45) is 0 Å². The van der Waals surface area contributed by atoms with Gasteiger partial charge < -0.3 is 14.2 Å². The first kappa shape index (κ1) is 16.8. The molecule has 7 nitrogen and oxygen atoms in total. The van der Waals surface area contributed by atoms with Gasteiger partial charge in [-0.2, -0.15) is 0 Å². The lowest BCUT2D eigenvalue weighted by Crippen LogP contribution is -2.42. The standard InChI is InChI=1S/C16H19NO6/c1-2-21-16(20)23-14(18)13-9-6-10-17(13)15(19)22-11-12-7-4-3-5-8-12/h3-5,7-8,13H,2,6,9-11H2,1H3/t13-/m0/s1. The van der Waals surface area contributed by atoms with Crippen LogP contribution in [0, 0.1) is 0 Å². The van der Waals surface area contributed by atoms with Crippen LogP contribution in [0.25, 0.3) is 0 Å². The van der Waals surface area contributed by atoms with E-state index in [4.69, 9.17) is 4.74 Å². The van der Waals surface area contributed by atoms with E-state index < -0.39 is 24.3 Å². The zero-order valence-corrected chi connectivity index (χ0v) is 12.9. The fourth-order valence-electron chi connectivity index (χ4n) is 2.33. The summed E-state index contributed by atoms with van der Waals surface area (Å²) < 4.78 is 14.3. The van der Waals surface area contributed by atoms with Gasteiger partial charge in [0.15, 0.2) is 0 Å². The Bertz CT molecular complexity index is 559. The zero-order chi connectivity index (χ0) is 16.7. The predicted molar refractivity (Wildman–Crippen MR) is 79.5 cm³/mol. The normalized spacial score (nSPS) is 16.7. The zero-order valence-electron chi connectivity index (χ0n) is 12.9. The highest BCUT2D eigenvalue weighted by Crippen LogP contribution is 2.20. The van der Waals surface area contributed by atoms with Crippen molar-refractivity contribution >= 4 is 18.2 Å². The number of likely N-dealkylation sites (tertiary alicyclic amines) is 1. The molecule has 7 heteroatoms. The molecule has 0 aromatic heterocycles. The summed E-state index contributed by atoms with van der Waals surface area (Å²) in [6, 6.07) is 8.42. The number of benzene rings is 1. The minimum Gasteiger partial charge on any atom is -0.445 e. The summed E-state index contributed by atoms with van der Waals surface area (Å²) >= 11 is 0. The van der Waals surface area contributed by atoms with Gasteiger partial charge in [0.05, 0.1) is 6.61 Å². The van der Waals surface area contributed by atoms with Gasteiger partial charge in [-0.3, -0.25) is 4.90 Å². The van der Waals surface area contributed by atoms with Gasteiger partial charge in [0.25, 0.3) is 0 Å². The molecule has 1 aromatic rings. The van der Waals surface area contributed by atoms with Gasteiger partial charge in [-0.25, -0.2) is 14.4 Å². The molecule has 0 aliphatic carbocycles. The van der Waals surface area contributed by atoms with Gasteiger partial charge in [0.1, 0.15) is 12.6 Å². The molecule has 23 heavy (non-hydrogen) atoms. The Morgan fingerprint density at radius 1 is 1.17 bits per heavy atom. The summed E-state index contributed by atoms with van der Waals surface area (Å²) in [7, 11) is 0. The van der Waals surface area contributed by atoms with Crippen molar-refractivity contribution < 1.29 is 28.6 Å². The second-order valence-corrected chi connectivity index (χ2v) is 5.00. The van der Waals surface area contributed by atoms with Crippen LogP contribution in [0.4, 0.5) is 9.59 Å². The third-order valence-electron chi connectivity index (χ3n) is 3.41. The van der Waals surface area contributed by atoms with Crippen molar-refractivity contribution in [2.45, 2.75) is 32.4 Å². The van der Waals surface area contributed by atoms with E-state index in [9.17, 15) is 14.4 Å². The summed E-state index contributed by atoms with van der Waals surface area (Å²) in [5.41, 5.74) is 0.852. The lowest BCUT2D eigenvalue weighted by Gasteiger charge is -2.22. The fraction of sp³-hybridized carbons (Fsp3) is 0.438. The highest BCUT2D eigenvalue weighted by molar-refractivity contribution is 5.88. The molecule has 1 atom stereocenters. The molecule has 1 saturated heterocycles. The smallest absolute Gasteiger partial charge is 0.445 e. The van der Waals surface area contributed by atoms with Crippen molar-refractivity contribution in [2.75, 3.05) is 13.2 Å².